The highest BCUT2D eigenvalue weighted by atomic mass is 16.1. The van der Waals surface area contributed by atoms with E-state index in [-0.39, 0.29) is 5.91 Å². The smallest absolute Gasteiger partial charge is 0.256 e. The summed E-state index contributed by atoms with van der Waals surface area (Å²) in [5.74, 6) is 0.337. The summed E-state index contributed by atoms with van der Waals surface area (Å²) in [7, 11) is 1.74. The van der Waals surface area contributed by atoms with Crippen molar-refractivity contribution in [2.45, 2.75) is 0 Å². The van der Waals surface area contributed by atoms with Gasteiger partial charge in [-0.2, -0.15) is 5.10 Å². The second-order valence-electron chi connectivity index (χ2n) is 3.68. The molecule has 0 fully saturated rings. The molecule has 6 nitrogen and oxygen atoms in total. The van der Waals surface area contributed by atoms with Gasteiger partial charge >= 0.3 is 0 Å². The second kappa shape index (κ2) is 4.17. The number of hydrogen-bond acceptors (Lipinski definition) is 4. The van der Waals surface area contributed by atoms with E-state index in [0.29, 0.717) is 22.8 Å². The molecule has 0 saturated carbocycles. The van der Waals surface area contributed by atoms with Gasteiger partial charge in [-0.05, 0) is 18.2 Å². The molecule has 0 bridgehead atoms. The van der Waals surface area contributed by atoms with E-state index in [0.717, 1.165) is 0 Å². The predicted molar refractivity (Wildman–Crippen MR) is 66.4 cm³/mol. The van der Waals surface area contributed by atoms with E-state index < -0.39 is 0 Å². The fraction of sp³-hybridized carbons (Fsp3) is 0.0909. The molecule has 2 aromatic rings. The van der Waals surface area contributed by atoms with Gasteiger partial charge in [0, 0.05) is 30.1 Å². The van der Waals surface area contributed by atoms with Crippen molar-refractivity contribution in [3.05, 3.63) is 36.0 Å². The Morgan fingerprint density at radius 3 is 2.47 bits per heavy atom. The Morgan fingerprint density at radius 1 is 1.29 bits per heavy atom. The third kappa shape index (κ3) is 2.36. The van der Waals surface area contributed by atoms with Crippen LogP contribution in [0.2, 0.25) is 0 Å². The molecule has 0 radical (unpaired) electrons. The van der Waals surface area contributed by atoms with Crippen molar-refractivity contribution in [2.75, 3.05) is 16.8 Å². The summed E-state index contributed by atoms with van der Waals surface area (Å²) in [5.41, 5.74) is 12.6. The summed E-state index contributed by atoms with van der Waals surface area (Å²) in [6.07, 6.45) is 1.60. The minimum absolute atomic E-state index is 0.271. The maximum Gasteiger partial charge on any atom is 0.256 e. The molecule has 1 amide bonds. The Labute approximate surface area is 98.2 Å². The number of carbonyl (C=O) groups is 1. The molecule has 0 aliphatic heterocycles. The number of rotatable bonds is 2. The average Bonchev–Trinajstić information content (AvgIpc) is 2.63. The molecule has 0 spiro atoms. The van der Waals surface area contributed by atoms with Crippen LogP contribution in [-0.2, 0) is 7.05 Å². The topological polar surface area (TPSA) is 99.0 Å². The van der Waals surface area contributed by atoms with Gasteiger partial charge in [-0.1, -0.05) is 0 Å². The zero-order valence-corrected chi connectivity index (χ0v) is 9.34. The maximum atomic E-state index is 11.9. The van der Waals surface area contributed by atoms with Gasteiger partial charge in [-0.15, -0.1) is 0 Å². The summed E-state index contributed by atoms with van der Waals surface area (Å²) in [4.78, 5) is 11.9. The lowest BCUT2D eigenvalue weighted by Gasteiger charge is -2.06. The summed E-state index contributed by atoms with van der Waals surface area (Å²) in [6, 6.07) is 6.44. The number of benzene rings is 1. The highest BCUT2D eigenvalue weighted by Gasteiger charge is 2.09. The number of amides is 1. The first kappa shape index (κ1) is 11.0. The lowest BCUT2D eigenvalue weighted by molar-refractivity contribution is 0.102. The first-order chi connectivity index (χ1) is 8.06. The molecule has 5 N–H and O–H groups in total. The van der Waals surface area contributed by atoms with Crippen LogP contribution >= 0.6 is 0 Å². The van der Waals surface area contributed by atoms with Crippen LogP contribution in [-0.4, -0.2) is 15.7 Å². The quantitative estimate of drug-likeness (QED) is 0.667. The zero-order chi connectivity index (χ0) is 12.4. The first-order valence-electron chi connectivity index (χ1n) is 5.01. The summed E-state index contributed by atoms with van der Waals surface area (Å²) < 4.78 is 1.56. The molecule has 17 heavy (non-hydrogen) atoms. The molecule has 0 unspecified atom stereocenters. The Balaban J connectivity index is 2.23. The molecule has 2 rings (SSSR count). The third-order valence-corrected chi connectivity index (χ3v) is 2.30. The number of nitrogens with two attached hydrogens (primary N) is 2. The highest BCUT2D eigenvalue weighted by Crippen LogP contribution is 2.15. The van der Waals surface area contributed by atoms with E-state index in [9.17, 15) is 4.79 Å². The monoisotopic (exact) mass is 231 g/mol. The number of hydrogen-bond donors (Lipinski definition) is 3. The lowest BCUT2D eigenvalue weighted by atomic mass is 10.1. The lowest BCUT2D eigenvalue weighted by Crippen LogP contribution is -2.15. The van der Waals surface area contributed by atoms with Crippen molar-refractivity contribution in [2.24, 2.45) is 7.05 Å². The molecule has 0 aliphatic rings. The number of carbonyl (C=O) groups excluding carboxylic acids is 1. The van der Waals surface area contributed by atoms with Crippen molar-refractivity contribution in [3.8, 4) is 0 Å². The molecule has 6 heteroatoms. The van der Waals surface area contributed by atoms with E-state index in [1.54, 1.807) is 42.2 Å². The molecule has 0 aliphatic carbocycles. The van der Waals surface area contributed by atoms with Crippen LogP contribution in [0.15, 0.2) is 30.5 Å². The number of aromatic nitrogens is 2. The van der Waals surface area contributed by atoms with Crippen molar-refractivity contribution in [1.82, 2.24) is 9.78 Å². The largest absolute Gasteiger partial charge is 0.399 e. The Morgan fingerprint density at radius 2 is 1.94 bits per heavy atom. The van der Waals surface area contributed by atoms with E-state index in [2.05, 4.69) is 10.4 Å². The molecule has 1 aromatic heterocycles. The Hall–Kier alpha value is -2.50. The highest BCUT2D eigenvalue weighted by molar-refractivity contribution is 6.04. The number of aryl methyl sites for hydroxylation is 1. The first-order valence-corrected chi connectivity index (χ1v) is 5.01. The molecule has 0 atom stereocenters. The summed E-state index contributed by atoms with van der Waals surface area (Å²) >= 11 is 0. The van der Waals surface area contributed by atoms with E-state index in [4.69, 9.17) is 11.5 Å². The molecule has 0 saturated heterocycles. The van der Waals surface area contributed by atoms with E-state index >= 15 is 0 Å². The van der Waals surface area contributed by atoms with Crippen LogP contribution in [0.3, 0.4) is 0 Å². The number of nitrogens with zero attached hydrogens (tertiary/aromatic N) is 2. The van der Waals surface area contributed by atoms with Crippen molar-refractivity contribution < 1.29 is 4.79 Å². The normalized spacial score (nSPS) is 10.2. The van der Waals surface area contributed by atoms with E-state index in [1.165, 1.54) is 0 Å². The van der Waals surface area contributed by atoms with Gasteiger partial charge in [0.2, 0.25) is 0 Å². The Bertz CT molecular complexity index is 540. The fourth-order valence-electron chi connectivity index (χ4n) is 1.49. The van der Waals surface area contributed by atoms with Crippen LogP contribution < -0.4 is 16.8 Å². The Kier molecular flexibility index (Phi) is 2.70. The summed E-state index contributed by atoms with van der Waals surface area (Å²) in [5, 5.41) is 6.66. The third-order valence-electron chi connectivity index (χ3n) is 2.30. The van der Waals surface area contributed by atoms with Crippen LogP contribution in [0.5, 0.6) is 0 Å². The van der Waals surface area contributed by atoms with Gasteiger partial charge < -0.3 is 16.8 Å². The molecule has 1 aromatic carbocycles. The molecule has 1 heterocycles. The SMILES string of the molecule is Cn1nccc1NC(=O)c1cc(N)cc(N)c1. The van der Waals surface area contributed by atoms with E-state index in [1.807, 2.05) is 0 Å². The van der Waals surface area contributed by atoms with Crippen molar-refractivity contribution in [3.63, 3.8) is 0 Å². The molecular weight excluding hydrogens is 218 g/mol. The number of nitrogens with one attached hydrogen (secondary N) is 1. The van der Waals surface area contributed by atoms with Gasteiger partial charge in [-0.3, -0.25) is 9.48 Å². The fourth-order valence-corrected chi connectivity index (χ4v) is 1.49. The van der Waals surface area contributed by atoms with Gasteiger partial charge in [0.15, 0.2) is 0 Å². The minimum atomic E-state index is -0.271. The summed E-state index contributed by atoms with van der Waals surface area (Å²) in [6.45, 7) is 0. The van der Waals surface area contributed by atoms with Crippen LogP contribution in [0, 0.1) is 0 Å². The van der Waals surface area contributed by atoms with Crippen molar-refractivity contribution >= 4 is 23.1 Å². The van der Waals surface area contributed by atoms with Gasteiger partial charge in [0.05, 0.1) is 6.20 Å². The predicted octanol–water partition coefficient (Wildman–Crippen LogP) is 0.837. The maximum absolute atomic E-state index is 11.9. The van der Waals surface area contributed by atoms with Crippen LogP contribution in [0.4, 0.5) is 17.2 Å². The standard InChI is InChI=1S/C11H13N5O/c1-16-10(2-3-14-16)15-11(17)7-4-8(12)6-9(13)5-7/h2-6H,12-13H2,1H3,(H,15,17). The van der Waals surface area contributed by atoms with Crippen LogP contribution in [0.25, 0.3) is 0 Å². The number of anilines is 3. The van der Waals surface area contributed by atoms with Gasteiger partial charge in [0.1, 0.15) is 5.82 Å². The molecular formula is C11H13N5O. The van der Waals surface area contributed by atoms with Crippen molar-refractivity contribution in [1.29, 1.82) is 0 Å². The zero-order valence-electron chi connectivity index (χ0n) is 9.34. The number of nitrogen functional groups attached to an aromatic ring is 2. The second-order valence-corrected chi connectivity index (χ2v) is 3.68. The minimum Gasteiger partial charge on any atom is -0.399 e. The van der Waals surface area contributed by atoms with Crippen LogP contribution in [0.1, 0.15) is 10.4 Å². The molecule has 88 valence electrons. The average molecular weight is 231 g/mol. The van der Waals surface area contributed by atoms with Gasteiger partial charge in [-0.25, -0.2) is 0 Å². The van der Waals surface area contributed by atoms with Gasteiger partial charge in [0.25, 0.3) is 5.91 Å².